The molecule has 150 valence electrons. The molecule has 1 amide bonds. The summed E-state index contributed by atoms with van der Waals surface area (Å²) in [5, 5.41) is 0. The summed E-state index contributed by atoms with van der Waals surface area (Å²) in [4.78, 5) is 17.2. The van der Waals surface area contributed by atoms with Gasteiger partial charge in [-0.2, -0.15) is 0 Å². The Morgan fingerprint density at radius 3 is 2.28 bits per heavy atom. The molecule has 0 aliphatic carbocycles. The number of amides is 1. The van der Waals surface area contributed by atoms with Gasteiger partial charge in [-0.1, -0.05) is 30.3 Å². The quantitative estimate of drug-likeness (QED) is 0.610. The van der Waals surface area contributed by atoms with E-state index in [-0.39, 0.29) is 17.8 Å². The molecule has 0 aliphatic rings. The van der Waals surface area contributed by atoms with Gasteiger partial charge in [0.2, 0.25) is 0 Å². The average molecular weight is 391 g/mol. The minimum atomic E-state index is -0.366. The zero-order valence-electron chi connectivity index (χ0n) is 17.0. The number of hydrogen-bond acceptors (Lipinski definition) is 3. The molecule has 29 heavy (non-hydrogen) atoms. The average Bonchev–Trinajstić information content (AvgIpc) is 2.72. The van der Waals surface area contributed by atoms with Crippen LogP contribution in [0.2, 0.25) is 0 Å². The number of halogens is 1. The molecule has 0 aromatic heterocycles. The van der Waals surface area contributed by atoms with E-state index >= 15 is 0 Å². The van der Waals surface area contributed by atoms with E-state index in [1.807, 2.05) is 74.4 Å². The van der Waals surface area contributed by atoms with Crippen LogP contribution in [0, 0.1) is 5.82 Å². The van der Waals surface area contributed by atoms with E-state index in [9.17, 15) is 9.18 Å². The van der Waals surface area contributed by atoms with Gasteiger partial charge in [0.25, 0.3) is 5.91 Å². The van der Waals surface area contributed by atoms with Crippen molar-refractivity contribution in [1.82, 2.24) is 4.90 Å². The Morgan fingerprint density at radius 1 is 1.00 bits per heavy atom. The van der Waals surface area contributed by atoms with Crippen LogP contribution >= 0.6 is 0 Å². The third kappa shape index (κ3) is 4.74. The molecule has 0 saturated carbocycles. The minimum Gasteiger partial charge on any atom is -0.399 e. The van der Waals surface area contributed by atoms with Crippen LogP contribution in [0.3, 0.4) is 0 Å². The largest absolute Gasteiger partial charge is 0.399 e. The maximum atomic E-state index is 13.4. The van der Waals surface area contributed by atoms with E-state index in [1.165, 1.54) is 24.3 Å². The van der Waals surface area contributed by atoms with Crippen LogP contribution in [-0.2, 0) is 6.54 Å². The zero-order valence-corrected chi connectivity index (χ0v) is 17.0. The zero-order chi connectivity index (χ0) is 21.0. The van der Waals surface area contributed by atoms with Crippen molar-refractivity contribution in [3.8, 4) is 0 Å². The molecule has 3 aromatic rings. The van der Waals surface area contributed by atoms with Crippen molar-refractivity contribution < 1.29 is 9.18 Å². The molecule has 0 fully saturated rings. The molecule has 0 radical (unpaired) electrons. The van der Waals surface area contributed by atoms with E-state index < -0.39 is 0 Å². The smallest absolute Gasteiger partial charge is 0.254 e. The van der Waals surface area contributed by atoms with Gasteiger partial charge in [-0.05, 0) is 60.5 Å². The summed E-state index contributed by atoms with van der Waals surface area (Å²) in [7, 11) is 3.92. The highest BCUT2D eigenvalue weighted by molar-refractivity contribution is 5.94. The maximum absolute atomic E-state index is 13.4. The molecule has 0 spiro atoms. The number of anilines is 2. The molecule has 1 atom stereocenters. The van der Waals surface area contributed by atoms with Crippen molar-refractivity contribution >= 4 is 17.3 Å². The normalized spacial score (nSPS) is 11.7. The summed E-state index contributed by atoms with van der Waals surface area (Å²) in [6.07, 6.45) is 0. The van der Waals surface area contributed by atoms with Crippen molar-refractivity contribution in [2.75, 3.05) is 24.7 Å². The molecule has 0 heterocycles. The number of benzene rings is 3. The lowest BCUT2D eigenvalue weighted by Gasteiger charge is -2.31. The Kier molecular flexibility index (Phi) is 6.17. The molecular weight excluding hydrogens is 365 g/mol. The van der Waals surface area contributed by atoms with Crippen molar-refractivity contribution in [3.05, 3.63) is 95.3 Å². The topological polar surface area (TPSA) is 49.6 Å². The Balaban J connectivity index is 2.02. The molecule has 4 nitrogen and oxygen atoms in total. The first-order valence-corrected chi connectivity index (χ1v) is 9.54. The number of rotatable bonds is 6. The minimum absolute atomic E-state index is 0.159. The summed E-state index contributed by atoms with van der Waals surface area (Å²) in [6.45, 7) is 2.38. The monoisotopic (exact) mass is 391 g/mol. The Morgan fingerprint density at radius 2 is 1.66 bits per heavy atom. The fourth-order valence-electron chi connectivity index (χ4n) is 3.41. The molecule has 0 saturated heterocycles. The van der Waals surface area contributed by atoms with Gasteiger partial charge in [-0.25, -0.2) is 4.39 Å². The van der Waals surface area contributed by atoms with Crippen LogP contribution in [-0.4, -0.2) is 24.9 Å². The summed E-state index contributed by atoms with van der Waals surface area (Å²) < 4.78 is 13.4. The van der Waals surface area contributed by atoms with Crippen LogP contribution in [0.15, 0.2) is 72.8 Å². The Labute approximate surface area is 171 Å². The molecule has 5 heteroatoms. The SMILES string of the molecule is C[C@H](c1ccccc1)N(Cc1cc(N)ccc1N(C)C)C(=O)c1ccc(F)cc1. The van der Waals surface area contributed by atoms with E-state index in [0.29, 0.717) is 17.8 Å². The van der Waals surface area contributed by atoms with Gasteiger partial charge in [0, 0.05) is 37.6 Å². The number of hydrogen-bond donors (Lipinski definition) is 1. The van der Waals surface area contributed by atoms with Crippen LogP contribution < -0.4 is 10.6 Å². The molecule has 0 bridgehead atoms. The second-order valence-corrected chi connectivity index (χ2v) is 7.31. The Hall–Kier alpha value is -3.34. The van der Waals surface area contributed by atoms with Gasteiger partial charge < -0.3 is 15.5 Å². The second-order valence-electron chi connectivity index (χ2n) is 7.31. The first-order valence-electron chi connectivity index (χ1n) is 9.54. The number of nitrogen functional groups attached to an aromatic ring is 1. The second kappa shape index (κ2) is 8.78. The molecule has 0 unspecified atom stereocenters. The first kappa shape index (κ1) is 20.4. The predicted octanol–water partition coefficient (Wildman–Crippen LogP) is 4.88. The van der Waals surface area contributed by atoms with Gasteiger partial charge in [0.1, 0.15) is 5.82 Å². The van der Waals surface area contributed by atoms with E-state index in [4.69, 9.17) is 5.73 Å². The van der Waals surface area contributed by atoms with E-state index in [0.717, 1.165) is 16.8 Å². The van der Waals surface area contributed by atoms with Crippen LogP contribution in [0.5, 0.6) is 0 Å². The molecule has 0 aliphatic heterocycles. The van der Waals surface area contributed by atoms with Gasteiger partial charge in [0.05, 0.1) is 6.04 Å². The van der Waals surface area contributed by atoms with Crippen LogP contribution in [0.4, 0.5) is 15.8 Å². The Bertz CT molecular complexity index is 971. The lowest BCUT2D eigenvalue weighted by atomic mass is 10.0. The standard InChI is InChI=1S/C24H26FN3O/c1-17(18-7-5-4-6-8-18)28(24(29)19-9-11-21(25)12-10-19)16-20-15-22(26)13-14-23(20)27(2)3/h4-15,17H,16,26H2,1-3H3/t17-/m1/s1. The third-order valence-corrected chi connectivity index (χ3v) is 5.03. The lowest BCUT2D eigenvalue weighted by Crippen LogP contribution is -2.33. The summed E-state index contributed by atoms with van der Waals surface area (Å²) >= 11 is 0. The first-order chi connectivity index (χ1) is 13.9. The molecule has 2 N–H and O–H groups in total. The van der Waals surface area contributed by atoms with E-state index in [2.05, 4.69) is 0 Å². The van der Waals surface area contributed by atoms with Gasteiger partial charge >= 0.3 is 0 Å². The number of nitrogens with two attached hydrogens (primary N) is 1. The highest BCUT2D eigenvalue weighted by atomic mass is 19.1. The molecule has 3 aromatic carbocycles. The lowest BCUT2D eigenvalue weighted by molar-refractivity contribution is 0.0674. The highest BCUT2D eigenvalue weighted by Gasteiger charge is 2.24. The number of nitrogens with zero attached hydrogens (tertiary/aromatic N) is 2. The maximum Gasteiger partial charge on any atom is 0.254 e. The molecular formula is C24H26FN3O. The van der Waals surface area contributed by atoms with Gasteiger partial charge in [-0.15, -0.1) is 0 Å². The summed E-state index contributed by atoms with van der Waals surface area (Å²) in [5.74, 6) is -0.525. The highest BCUT2D eigenvalue weighted by Crippen LogP contribution is 2.29. The van der Waals surface area contributed by atoms with Crippen molar-refractivity contribution in [2.24, 2.45) is 0 Å². The van der Waals surface area contributed by atoms with Crippen molar-refractivity contribution in [2.45, 2.75) is 19.5 Å². The summed E-state index contributed by atoms with van der Waals surface area (Å²) in [5.41, 5.74) is 10.1. The van der Waals surface area contributed by atoms with Crippen LogP contribution in [0.25, 0.3) is 0 Å². The fraction of sp³-hybridized carbons (Fsp3) is 0.208. The van der Waals surface area contributed by atoms with Gasteiger partial charge in [0.15, 0.2) is 0 Å². The van der Waals surface area contributed by atoms with Crippen molar-refractivity contribution in [3.63, 3.8) is 0 Å². The van der Waals surface area contributed by atoms with E-state index in [1.54, 1.807) is 4.90 Å². The fourth-order valence-corrected chi connectivity index (χ4v) is 3.41. The van der Waals surface area contributed by atoms with Gasteiger partial charge in [-0.3, -0.25) is 4.79 Å². The molecule has 3 rings (SSSR count). The third-order valence-electron chi connectivity index (χ3n) is 5.03. The number of carbonyl (C=O) groups excluding carboxylic acids is 1. The van der Waals surface area contributed by atoms with Crippen molar-refractivity contribution in [1.29, 1.82) is 0 Å². The summed E-state index contributed by atoms with van der Waals surface area (Å²) in [6, 6.07) is 21.1. The van der Waals surface area contributed by atoms with Crippen LogP contribution in [0.1, 0.15) is 34.5 Å². The number of carbonyl (C=O) groups is 1. The predicted molar refractivity (Wildman–Crippen MR) is 116 cm³/mol.